The van der Waals surface area contributed by atoms with E-state index in [9.17, 15) is 9.59 Å². The number of rotatable bonds is 5. The average Bonchev–Trinajstić information content (AvgIpc) is 2.77. The van der Waals surface area contributed by atoms with Crippen LogP contribution in [0, 0.1) is 0 Å². The summed E-state index contributed by atoms with van der Waals surface area (Å²) in [7, 11) is 1.60. The lowest BCUT2D eigenvalue weighted by Crippen LogP contribution is -2.37. The highest BCUT2D eigenvalue weighted by Gasteiger charge is 2.30. The molecule has 0 aromatic carbocycles. The first kappa shape index (κ1) is 13.5. The number of aromatic nitrogens is 1. The number of ether oxygens (including phenoxy) is 1. The molecule has 1 fully saturated rings. The van der Waals surface area contributed by atoms with E-state index in [1.807, 2.05) is 0 Å². The van der Waals surface area contributed by atoms with Gasteiger partial charge in [-0.15, -0.1) is 0 Å². The predicted molar refractivity (Wildman–Crippen MR) is 68.6 cm³/mol. The van der Waals surface area contributed by atoms with Crippen LogP contribution in [0.2, 0.25) is 0 Å². The van der Waals surface area contributed by atoms with Crippen molar-refractivity contribution in [1.29, 1.82) is 0 Å². The van der Waals surface area contributed by atoms with Crippen molar-refractivity contribution < 1.29 is 14.3 Å². The van der Waals surface area contributed by atoms with Gasteiger partial charge in [-0.25, -0.2) is 0 Å². The number of pyridine rings is 1. The van der Waals surface area contributed by atoms with Crippen molar-refractivity contribution in [2.75, 3.05) is 26.8 Å². The van der Waals surface area contributed by atoms with Crippen LogP contribution in [0.3, 0.4) is 0 Å². The lowest BCUT2D eigenvalue weighted by atomic mass is 10.2. The highest BCUT2D eigenvalue weighted by Crippen LogP contribution is 2.11. The molecule has 1 N–H and O–H groups in total. The molecule has 1 aromatic rings. The number of likely N-dealkylation sites (tertiary alicyclic amines) is 1. The van der Waals surface area contributed by atoms with Crippen molar-refractivity contribution in [3.8, 4) is 0 Å². The number of amides is 2. The Morgan fingerprint density at radius 3 is 2.95 bits per heavy atom. The minimum absolute atomic E-state index is 0.0529. The van der Waals surface area contributed by atoms with Gasteiger partial charge in [-0.3, -0.25) is 14.6 Å². The number of hydrogen-bond donors (Lipinski definition) is 1. The minimum atomic E-state index is -0.172. The summed E-state index contributed by atoms with van der Waals surface area (Å²) < 4.78 is 4.95. The van der Waals surface area contributed by atoms with Crippen LogP contribution in [0.15, 0.2) is 24.5 Å². The minimum Gasteiger partial charge on any atom is -0.383 e. The molecule has 0 bridgehead atoms. The number of methoxy groups -OCH3 is 1. The fourth-order valence-corrected chi connectivity index (χ4v) is 2.06. The van der Waals surface area contributed by atoms with Gasteiger partial charge in [-0.1, -0.05) is 0 Å². The topological polar surface area (TPSA) is 71.5 Å². The second-order valence-electron chi connectivity index (χ2n) is 4.44. The van der Waals surface area contributed by atoms with E-state index in [0.717, 1.165) is 0 Å². The standard InChI is InChI=1S/C13H17N3O3/c1-19-7-6-16-9-11(8-12(16)17)15-13(18)10-2-4-14-5-3-10/h2-5,11H,6-9H2,1H3,(H,15,18). The molecule has 1 saturated heterocycles. The smallest absolute Gasteiger partial charge is 0.251 e. The molecule has 2 amide bonds. The summed E-state index contributed by atoms with van der Waals surface area (Å²) in [6.07, 6.45) is 3.49. The molecule has 1 aromatic heterocycles. The molecule has 2 heterocycles. The Bertz CT molecular complexity index is 450. The number of hydrogen-bond acceptors (Lipinski definition) is 4. The van der Waals surface area contributed by atoms with Gasteiger partial charge >= 0.3 is 0 Å². The fourth-order valence-electron chi connectivity index (χ4n) is 2.06. The average molecular weight is 263 g/mol. The molecule has 2 rings (SSSR count). The van der Waals surface area contributed by atoms with Crippen molar-refractivity contribution in [3.63, 3.8) is 0 Å². The summed E-state index contributed by atoms with van der Waals surface area (Å²) in [4.78, 5) is 29.2. The van der Waals surface area contributed by atoms with Gasteiger partial charge in [0.05, 0.1) is 12.6 Å². The van der Waals surface area contributed by atoms with E-state index in [-0.39, 0.29) is 17.9 Å². The summed E-state index contributed by atoms with van der Waals surface area (Å²) in [5, 5.41) is 2.86. The van der Waals surface area contributed by atoms with E-state index < -0.39 is 0 Å². The lowest BCUT2D eigenvalue weighted by Gasteiger charge is -2.16. The molecule has 1 atom stereocenters. The third-order valence-corrected chi connectivity index (χ3v) is 3.06. The maximum Gasteiger partial charge on any atom is 0.251 e. The fraction of sp³-hybridized carbons (Fsp3) is 0.462. The molecule has 0 saturated carbocycles. The normalized spacial score (nSPS) is 18.7. The summed E-state index contributed by atoms with van der Waals surface area (Å²) in [6.45, 7) is 1.62. The Morgan fingerprint density at radius 1 is 1.53 bits per heavy atom. The largest absolute Gasteiger partial charge is 0.383 e. The summed E-state index contributed by atoms with van der Waals surface area (Å²) >= 11 is 0. The lowest BCUT2D eigenvalue weighted by molar-refractivity contribution is -0.128. The Kier molecular flexibility index (Phi) is 4.46. The van der Waals surface area contributed by atoms with Gasteiger partial charge < -0.3 is 15.0 Å². The van der Waals surface area contributed by atoms with Gasteiger partial charge in [-0.2, -0.15) is 0 Å². The molecule has 1 aliphatic rings. The third kappa shape index (κ3) is 3.51. The zero-order chi connectivity index (χ0) is 13.7. The van der Waals surface area contributed by atoms with Gasteiger partial charge in [0.1, 0.15) is 0 Å². The van der Waals surface area contributed by atoms with E-state index in [4.69, 9.17) is 4.74 Å². The Balaban J connectivity index is 1.88. The van der Waals surface area contributed by atoms with E-state index in [1.54, 1.807) is 36.5 Å². The number of nitrogens with one attached hydrogen (secondary N) is 1. The SMILES string of the molecule is COCCN1CC(NC(=O)c2ccncc2)CC1=O. The maximum atomic E-state index is 11.9. The first-order valence-electron chi connectivity index (χ1n) is 6.18. The second kappa shape index (κ2) is 6.29. The van der Waals surface area contributed by atoms with Crippen molar-refractivity contribution in [2.24, 2.45) is 0 Å². The highest BCUT2D eigenvalue weighted by molar-refractivity contribution is 5.94. The molecule has 1 unspecified atom stereocenters. The molecule has 102 valence electrons. The molecule has 6 nitrogen and oxygen atoms in total. The first-order valence-corrected chi connectivity index (χ1v) is 6.18. The molecule has 6 heteroatoms. The zero-order valence-corrected chi connectivity index (χ0v) is 10.8. The molecule has 0 aliphatic carbocycles. The Labute approximate surface area is 111 Å². The summed E-state index contributed by atoms with van der Waals surface area (Å²) in [5.41, 5.74) is 0.554. The van der Waals surface area contributed by atoms with Gasteiger partial charge in [0.25, 0.3) is 5.91 Å². The van der Waals surface area contributed by atoms with Crippen LogP contribution in [0.25, 0.3) is 0 Å². The van der Waals surface area contributed by atoms with E-state index in [2.05, 4.69) is 10.3 Å². The van der Waals surface area contributed by atoms with Crippen LogP contribution in [0.4, 0.5) is 0 Å². The maximum absolute atomic E-state index is 11.9. The zero-order valence-electron chi connectivity index (χ0n) is 10.8. The van der Waals surface area contributed by atoms with Crippen LogP contribution >= 0.6 is 0 Å². The molecular weight excluding hydrogens is 246 g/mol. The van der Waals surface area contributed by atoms with E-state index in [1.165, 1.54) is 0 Å². The molecule has 19 heavy (non-hydrogen) atoms. The van der Waals surface area contributed by atoms with Crippen molar-refractivity contribution in [3.05, 3.63) is 30.1 Å². The number of nitrogens with zero attached hydrogens (tertiary/aromatic N) is 2. The first-order chi connectivity index (χ1) is 9.20. The van der Waals surface area contributed by atoms with Crippen LogP contribution in [-0.4, -0.2) is 54.5 Å². The highest BCUT2D eigenvalue weighted by atomic mass is 16.5. The van der Waals surface area contributed by atoms with Crippen molar-refractivity contribution >= 4 is 11.8 Å². The Hall–Kier alpha value is -1.95. The predicted octanol–water partition coefficient (Wildman–Crippen LogP) is 0.0587. The summed E-state index contributed by atoms with van der Waals surface area (Å²) in [6, 6.07) is 3.16. The molecule has 0 radical (unpaired) electrons. The van der Waals surface area contributed by atoms with Crippen molar-refractivity contribution in [1.82, 2.24) is 15.2 Å². The Morgan fingerprint density at radius 2 is 2.26 bits per heavy atom. The number of carbonyl (C=O) groups excluding carboxylic acids is 2. The van der Waals surface area contributed by atoms with Crippen LogP contribution < -0.4 is 5.32 Å². The van der Waals surface area contributed by atoms with Crippen LogP contribution in [0.5, 0.6) is 0 Å². The van der Waals surface area contributed by atoms with Crippen molar-refractivity contribution in [2.45, 2.75) is 12.5 Å². The van der Waals surface area contributed by atoms with Gasteiger partial charge in [0.15, 0.2) is 0 Å². The van der Waals surface area contributed by atoms with Gasteiger partial charge in [-0.05, 0) is 12.1 Å². The van der Waals surface area contributed by atoms with E-state index in [0.29, 0.717) is 31.7 Å². The molecule has 0 spiro atoms. The summed E-state index contributed by atoms with van der Waals surface area (Å²) in [5.74, 6) is -0.120. The van der Waals surface area contributed by atoms with Gasteiger partial charge in [0.2, 0.25) is 5.91 Å². The van der Waals surface area contributed by atoms with Crippen LogP contribution in [0.1, 0.15) is 16.8 Å². The molecule has 1 aliphatic heterocycles. The van der Waals surface area contributed by atoms with Crippen LogP contribution in [-0.2, 0) is 9.53 Å². The molecular formula is C13H17N3O3. The van der Waals surface area contributed by atoms with Gasteiger partial charge in [0, 0.05) is 44.6 Å². The van der Waals surface area contributed by atoms with E-state index >= 15 is 0 Å². The second-order valence-corrected chi connectivity index (χ2v) is 4.44. The monoisotopic (exact) mass is 263 g/mol. The number of carbonyl (C=O) groups is 2. The quantitative estimate of drug-likeness (QED) is 0.815. The third-order valence-electron chi connectivity index (χ3n) is 3.06.